The van der Waals surface area contributed by atoms with Crippen molar-refractivity contribution in [3.05, 3.63) is 48.0 Å². The molecule has 0 saturated carbocycles. The number of benzene rings is 2. The highest BCUT2D eigenvalue weighted by atomic mass is 16.5. The van der Waals surface area contributed by atoms with E-state index in [0.717, 1.165) is 61.2 Å². The summed E-state index contributed by atoms with van der Waals surface area (Å²) in [5.74, 6) is 4.09. The molecule has 2 aromatic carbocycles. The largest absolute Gasteiger partial charge is 0.496 e. The van der Waals surface area contributed by atoms with E-state index in [2.05, 4.69) is 17.1 Å². The number of nitrogens with zero attached hydrogens (tertiary/aromatic N) is 2. The predicted molar refractivity (Wildman–Crippen MR) is 127 cm³/mol. The molecule has 0 aliphatic carbocycles. The molecule has 32 heavy (non-hydrogen) atoms. The molecule has 0 unspecified atom stereocenters. The van der Waals surface area contributed by atoms with Crippen LogP contribution in [0.15, 0.2) is 47.5 Å². The number of para-hydroxylation sites is 1. The summed E-state index contributed by atoms with van der Waals surface area (Å²) in [6, 6.07) is 13.8. The number of ether oxygens (including phenoxy) is 4. The van der Waals surface area contributed by atoms with E-state index in [0.29, 0.717) is 18.7 Å². The third-order valence-electron chi connectivity index (χ3n) is 5.56. The fourth-order valence-electron chi connectivity index (χ4n) is 3.90. The zero-order valence-electron chi connectivity index (χ0n) is 19.6. The fourth-order valence-corrected chi connectivity index (χ4v) is 3.90. The molecule has 0 amide bonds. The van der Waals surface area contributed by atoms with Gasteiger partial charge in [-0.25, -0.2) is 0 Å². The summed E-state index contributed by atoms with van der Waals surface area (Å²) >= 11 is 0. The lowest BCUT2D eigenvalue weighted by Gasteiger charge is -2.34. The lowest BCUT2D eigenvalue weighted by molar-refractivity contribution is 0.129. The van der Waals surface area contributed by atoms with Crippen molar-refractivity contribution in [2.75, 3.05) is 47.5 Å². The summed E-state index contributed by atoms with van der Waals surface area (Å²) in [5.41, 5.74) is 0.991. The van der Waals surface area contributed by atoms with E-state index >= 15 is 0 Å². The van der Waals surface area contributed by atoms with Gasteiger partial charge >= 0.3 is 0 Å². The molecular weight excluding hydrogens is 406 g/mol. The molecule has 7 heteroatoms. The number of rotatable bonds is 9. The van der Waals surface area contributed by atoms with Gasteiger partial charge in [0.2, 0.25) is 0 Å². The normalized spacial score (nSPS) is 14.8. The Balaban J connectivity index is 1.61. The van der Waals surface area contributed by atoms with E-state index in [9.17, 15) is 0 Å². The monoisotopic (exact) mass is 441 g/mol. The molecule has 1 fully saturated rings. The molecule has 1 aliphatic rings. The van der Waals surface area contributed by atoms with Gasteiger partial charge in [-0.15, -0.1) is 0 Å². The topological polar surface area (TPSA) is 64.6 Å². The van der Waals surface area contributed by atoms with Crippen LogP contribution in [0.2, 0.25) is 0 Å². The quantitative estimate of drug-likeness (QED) is 0.472. The van der Waals surface area contributed by atoms with E-state index in [1.54, 1.807) is 21.3 Å². The zero-order chi connectivity index (χ0) is 22.8. The van der Waals surface area contributed by atoms with Crippen molar-refractivity contribution < 1.29 is 18.9 Å². The Labute approximate surface area is 191 Å². The van der Waals surface area contributed by atoms with E-state index in [-0.39, 0.29) is 6.10 Å². The Morgan fingerprint density at radius 3 is 2.19 bits per heavy atom. The van der Waals surface area contributed by atoms with Crippen molar-refractivity contribution in [3.63, 3.8) is 0 Å². The van der Waals surface area contributed by atoms with Gasteiger partial charge in [-0.1, -0.05) is 18.2 Å². The average Bonchev–Trinajstić information content (AvgIpc) is 2.84. The number of guanidine groups is 1. The molecule has 0 atom stereocenters. The van der Waals surface area contributed by atoms with Gasteiger partial charge in [0, 0.05) is 56.7 Å². The van der Waals surface area contributed by atoms with Gasteiger partial charge in [-0.2, -0.15) is 0 Å². The number of methoxy groups -OCH3 is 3. The Hall–Kier alpha value is -3.09. The third kappa shape index (κ3) is 6.22. The molecule has 0 aromatic heterocycles. The maximum absolute atomic E-state index is 6.13. The van der Waals surface area contributed by atoms with E-state index < -0.39 is 0 Å². The summed E-state index contributed by atoms with van der Waals surface area (Å²) in [7, 11) is 4.95. The van der Waals surface area contributed by atoms with Crippen LogP contribution in [0.3, 0.4) is 0 Å². The second-order valence-corrected chi connectivity index (χ2v) is 7.61. The first kappa shape index (κ1) is 23.6. The van der Waals surface area contributed by atoms with Crippen molar-refractivity contribution in [3.8, 4) is 23.0 Å². The highest BCUT2D eigenvalue weighted by molar-refractivity contribution is 5.80. The lowest BCUT2D eigenvalue weighted by atomic mass is 10.1. The standard InChI is InChI=1S/C25H35N3O4/c1-5-26-25(28-15-12-20(13-16-28)32-19-9-7-6-8-10-19)27-14-11-22-23(30-3)17-21(29-2)18-24(22)31-4/h6-10,17-18,20H,5,11-16H2,1-4H3,(H,26,27). The summed E-state index contributed by atoms with van der Waals surface area (Å²) in [5, 5.41) is 3.43. The summed E-state index contributed by atoms with van der Waals surface area (Å²) in [6.45, 7) is 5.38. The molecule has 1 aliphatic heterocycles. The van der Waals surface area contributed by atoms with Gasteiger partial charge in [-0.3, -0.25) is 4.99 Å². The van der Waals surface area contributed by atoms with Crippen LogP contribution in [0.1, 0.15) is 25.3 Å². The van der Waals surface area contributed by atoms with E-state index in [1.807, 2.05) is 42.5 Å². The zero-order valence-corrected chi connectivity index (χ0v) is 19.6. The molecule has 1 saturated heterocycles. The van der Waals surface area contributed by atoms with E-state index in [4.69, 9.17) is 23.9 Å². The van der Waals surface area contributed by atoms with Crippen LogP contribution < -0.4 is 24.3 Å². The van der Waals surface area contributed by atoms with Crippen LogP contribution in [0.25, 0.3) is 0 Å². The van der Waals surface area contributed by atoms with Crippen LogP contribution in [0, 0.1) is 0 Å². The van der Waals surface area contributed by atoms with Gasteiger partial charge < -0.3 is 29.2 Å². The van der Waals surface area contributed by atoms with Gasteiger partial charge in [0.25, 0.3) is 0 Å². The van der Waals surface area contributed by atoms with Crippen LogP contribution in [-0.4, -0.2) is 64.5 Å². The van der Waals surface area contributed by atoms with Gasteiger partial charge in [-0.05, 0) is 25.5 Å². The Morgan fingerprint density at radius 1 is 0.969 bits per heavy atom. The van der Waals surface area contributed by atoms with Crippen molar-refractivity contribution in [2.45, 2.75) is 32.3 Å². The van der Waals surface area contributed by atoms with E-state index in [1.165, 1.54) is 0 Å². The number of aliphatic imine (C=N–C) groups is 1. The van der Waals surface area contributed by atoms with Crippen LogP contribution >= 0.6 is 0 Å². The molecule has 7 nitrogen and oxygen atoms in total. The molecule has 0 radical (unpaired) electrons. The molecular formula is C25H35N3O4. The second-order valence-electron chi connectivity index (χ2n) is 7.61. The number of piperidine rings is 1. The molecule has 174 valence electrons. The number of nitrogens with one attached hydrogen (secondary N) is 1. The summed E-state index contributed by atoms with van der Waals surface area (Å²) in [6.07, 6.45) is 2.89. The smallest absolute Gasteiger partial charge is 0.193 e. The second kappa shape index (κ2) is 12.1. The van der Waals surface area contributed by atoms with Gasteiger partial charge in [0.1, 0.15) is 29.1 Å². The minimum absolute atomic E-state index is 0.240. The Kier molecular flexibility index (Phi) is 8.90. The molecule has 0 spiro atoms. The van der Waals surface area contributed by atoms with Crippen LogP contribution in [0.4, 0.5) is 0 Å². The average molecular weight is 442 g/mol. The summed E-state index contributed by atoms with van der Waals surface area (Å²) < 4.78 is 22.6. The summed E-state index contributed by atoms with van der Waals surface area (Å²) in [4.78, 5) is 7.20. The first-order chi connectivity index (χ1) is 15.7. The first-order valence-corrected chi connectivity index (χ1v) is 11.2. The maximum atomic E-state index is 6.13. The predicted octanol–water partition coefficient (Wildman–Crippen LogP) is 3.76. The Morgan fingerprint density at radius 2 is 1.62 bits per heavy atom. The molecule has 3 rings (SSSR count). The Bertz CT molecular complexity index is 840. The van der Waals surface area contributed by atoms with Gasteiger partial charge in [0.15, 0.2) is 5.96 Å². The minimum Gasteiger partial charge on any atom is -0.496 e. The van der Waals surface area contributed by atoms with Crippen molar-refractivity contribution in [1.82, 2.24) is 10.2 Å². The SMILES string of the molecule is CCNC(=NCCc1c(OC)cc(OC)cc1OC)N1CCC(Oc2ccccc2)CC1. The molecule has 0 bridgehead atoms. The highest BCUT2D eigenvalue weighted by Crippen LogP contribution is 2.34. The van der Waals surface area contributed by atoms with Crippen molar-refractivity contribution >= 4 is 5.96 Å². The highest BCUT2D eigenvalue weighted by Gasteiger charge is 2.23. The minimum atomic E-state index is 0.240. The number of hydrogen-bond donors (Lipinski definition) is 1. The molecule has 2 aromatic rings. The fraction of sp³-hybridized carbons (Fsp3) is 0.480. The van der Waals surface area contributed by atoms with Crippen LogP contribution in [-0.2, 0) is 6.42 Å². The van der Waals surface area contributed by atoms with Crippen LogP contribution in [0.5, 0.6) is 23.0 Å². The van der Waals surface area contributed by atoms with Crippen molar-refractivity contribution in [1.29, 1.82) is 0 Å². The van der Waals surface area contributed by atoms with Gasteiger partial charge in [0.05, 0.1) is 21.3 Å². The van der Waals surface area contributed by atoms with Crippen molar-refractivity contribution in [2.24, 2.45) is 4.99 Å². The number of likely N-dealkylation sites (tertiary alicyclic amines) is 1. The third-order valence-corrected chi connectivity index (χ3v) is 5.56. The maximum Gasteiger partial charge on any atom is 0.193 e. The molecule has 1 heterocycles. The molecule has 1 N–H and O–H groups in total. The lowest BCUT2D eigenvalue weighted by Crippen LogP contribution is -2.47. The first-order valence-electron chi connectivity index (χ1n) is 11.2. The number of hydrogen-bond acceptors (Lipinski definition) is 5.